The number of anilines is 2. The Morgan fingerprint density at radius 3 is 2.76 bits per heavy atom. The fourth-order valence-corrected chi connectivity index (χ4v) is 3.68. The van der Waals surface area contributed by atoms with Crippen LogP contribution in [0.4, 0.5) is 11.5 Å². The van der Waals surface area contributed by atoms with Gasteiger partial charge in [0.25, 0.3) is 10.0 Å². The zero-order valence-corrected chi connectivity index (χ0v) is 13.1. The van der Waals surface area contributed by atoms with E-state index in [0.717, 1.165) is 4.47 Å². The highest BCUT2D eigenvalue weighted by Crippen LogP contribution is 2.24. The molecule has 0 aliphatic rings. The van der Waals surface area contributed by atoms with Crippen LogP contribution in [-0.2, 0) is 10.0 Å². The zero-order chi connectivity index (χ0) is 15.0. The SMILES string of the molecule is Nc1nc2ccccn2c1S(=O)(=O)Nc1cccc(Br)c1. The molecule has 108 valence electrons. The summed E-state index contributed by atoms with van der Waals surface area (Å²) in [5.41, 5.74) is 6.68. The van der Waals surface area contributed by atoms with E-state index in [0.29, 0.717) is 11.3 Å². The summed E-state index contributed by atoms with van der Waals surface area (Å²) in [6, 6.07) is 12.0. The molecular weight excluding hydrogens is 356 g/mol. The third kappa shape index (κ3) is 2.59. The van der Waals surface area contributed by atoms with E-state index in [1.54, 1.807) is 48.7 Å². The Bertz CT molecular complexity index is 921. The van der Waals surface area contributed by atoms with Crippen molar-refractivity contribution in [2.24, 2.45) is 0 Å². The van der Waals surface area contributed by atoms with Crippen molar-refractivity contribution in [3.05, 3.63) is 53.1 Å². The highest BCUT2D eigenvalue weighted by molar-refractivity contribution is 9.10. The van der Waals surface area contributed by atoms with Gasteiger partial charge in [0.15, 0.2) is 5.82 Å². The number of sulfonamides is 1. The lowest BCUT2D eigenvalue weighted by molar-refractivity contribution is 0.597. The van der Waals surface area contributed by atoms with Crippen molar-refractivity contribution < 1.29 is 8.42 Å². The van der Waals surface area contributed by atoms with E-state index in [1.807, 2.05) is 0 Å². The quantitative estimate of drug-likeness (QED) is 0.744. The van der Waals surface area contributed by atoms with Crippen molar-refractivity contribution >= 4 is 43.1 Å². The minimum absolute atomic E-state index is 0.0382. The van der Waals surface area contributed by atoms with Crippen molar-refractivity contribution in [1.82, 2.24) is 9.38 Å². The number of pyridine rings is 1. The van der Waals surface area contributed by atoms with Crippen LogP contribution < -0.4 is 10.5 Å². The summed E-state index contributed by atoms with van der Waals surface area (Å²) >= 11 is 3.30. The molecular formula is C13H11BrN4O2S. The summed E-state index contributed by atoms with van der Waals surface area (Å²) in [7, 11) is -3.84. The Morgan fingerprint density at radius 1 is 1.19 bits per heavy atom. The van der Waals surface area contributed by atoms with Crippen LogP contribution in [0.2, 0.25) is 0 Å². The van der Waals surface area contributed by atoms with Crippen LogP contribution in [0, 0.1) is 0 Å². The maximum absolute atomic E-state index is 12.5. The molecule has 0 saturated heterocycles. The van der Waals surface area contributed by atoms with Crippen molar-refractivity contribution in [1.29, 1.82) is 0 Å². The van der Waals surface area contributed by atoms with Crippen LogP contribution in [0.3, 0.4) is 0 Å². The fraction of sp³-hybridized carbons (Fsp3) is 0. The molecule has 0 aliphatic heterocycles. The van der Waals surface area contributed by atoms with E-state index in [9.17, 15) is 8.42 Å². The van der Waals surface area contributed by atoms with E-state index in [2.05, 4.69) is 25.6 Å². The zero-order valence-electron chi connectivity index (χ0n) is 10.7. The lowest BCUT2D eigenvalue weighted by Gasteiger charge is -2.08. The van der Waals surface area contributed by atoms with Crippen molar-refractivity contribution in [3.63, 3.8) is 0 Å². The van der Waals surface area contributed by atoms with Gasteiger partial charge in [-0.25, -0.2) is 4.98 Å². The Hall–Kier alpha value is -2.06. The van der Waals surface area contributed by atoms with E-state index < -0.39 is 10.0 Å². The second-order valence-corrected chi connectivity index (χ2v) is 6.86. The maximum Gasteiger partial charge on any atom is 0.281 e. The van der Waals surface area contributed by atoms with Gasteiger partial charge in [0, 0.05) is 16.4 Å². The predicted molar refractivity (Wildman–Crippen MR) is 84.6 cm³/mol. The molecule has 0 aliphatic carbocycles. The largest absolute Gasteiger partial charge is 0.381 e. The van der Waals surface area contributed by atoms with E-state index in [4.69, 9.17) is 5.73 Å². The number of imidazole rings is 1. The molecule has 0 atom stereocenters. The van der Waals surface area contributed by atoms with Crippen LogP contribution in [0.25, 0.3) is 5.65 Å². The predicted octanol–water partition coefficient (Wildman–Crippen LogP) is 2.48. The number of nitrogens with zero attached hydrogens (tertiary/aromatic N) is 2. The van der Waals surface area contributed by atoms with Gasteiger partial charge in [0.2, 0.25) is 5.03 Å². The molecule has 0 bridgehead atoms. The third-order valence-electron chi connectivity index (χ3n) is 2.84. The molecule has 6 nitrogen and oxygen atoms in total. The van der Waals surface area contributed by atoms with Crippen molar-refractivity contribution in [3.8, 4) is 0 Å². The summed E-state index contributed by atoms with van der Waals surface area (Å²) in [6.45, 7) is 0. The van der Waals surface area contributed by atoms with Gasteiger partial charge < -0.3 is 5.73 Å². The van der Waals surface area contributed by atoms with Gasteiger partial charge in [-0.15, -0.1) is 0 Å². The number of nitrogen functional groups attached to an aromatic ring is 1. The Labute approximate surface area is 129 Å². The maximum atomic E-state index is 12.5. The first-order chi connectivity index (χ1) is 9.97. The first kappa shape index (κ1) is 13.9. The molecule has 0 saturated carbocycles. The van der Waals surface area contributed by atoms with Crippen molar-refractivity contribution in [2.45, 2.75) is 5.03 Å². The minimum Gasteiger partial charge on any atom is -0.381 e. The molecule has 3 aromatic rings. The lowest BCUT2D eigenvalue weighted by Crippen LogP contribution is -2.16. The van der Waals surface area contributed by atoms with Crippen LogP contribution in [-0.4, -0.2) is 17.8 Å². The first-order valence-corrected chi connectivity index (χ1v) is 8.26. The normalized spacial score (nSPS) is 11.7. The summed E-state index contributed by atoms with van der Waals surface area (Å²) in [6.07, 6.45) is 1.61. The summed E-state index contributed by atoms with van der Waals surface area (Å²) in [5.74, 6) is -0.0382. The van der Waals surface area contributed by atoms with Gasteiger partial charge in [-0.05, 0) is 30.3 Å². The Kier molecular flexibility index (Phi) is 3.34. The van der Waals surface area contributed by atoms with Crippen LogP contribution in [0.5, 0.6) is 0 Å². The molecule has 0 fully saturated rings. The topological polar surface area (TPSA) is 89.5 Å². The third-order valence-corrected chi connectivity index (χ3v) is 4.76. The van der Waals surface area contributed by atoms with Gasteiger partial charge in [-0.2, -0.15) is 8.42 Å². The summed E-state index contributed by atoms with van der Waals surface area (Å²) < 4.78 is 29.8. The van der Waals surface area contributed by atoms with Crippen LogP contribution in [0.1, 0.15) is 0 Å². The number of fused-ring (bicyclic) bond motifs is 1. The number of nitrogens with two attached hydrogens (primary N) is 1. The van der Waals surface area contributed by atoms with E-state index in [1.165, 1.54) is 4.40 Å². The van der Waals surface area contributed by atoms with Crippen LogP contribution >= 0.6 is 15.9 Å². The van der Waals surface area contributed by atoms with Gasteiger partial charge >= 0.3 is 0 Å². The number of rotatable bonds is 3. The minimum atomic E-state index is -3.84. The first-order valence-electron chi connectivity index (χ1n) is 5.98. The molecule has 3 rings (SSSR count). The molecule has 0 radical (unpaired) electrons. The van der Waals surface area contributed by atoms with Gasteiger partial charge in [-0.3, -0.25) is 9.12 Å². The standard InChI is InChI=1S/C13H11BrN4O2S/c14-9-4-3-5-10(8-9)17-21(19,20)13-12(15)16-11-6-1-2-7-18(11)13/h1-8,17H,15H2. The number of hydrogen-bond donors (Lipinski definition) is 2. The monoisotopic (exact) mass is 366 g/mol. The number of hydrogen-bond acceptors (Lipinski definition) is 4. The van der Waals surface area contributed by atoms with Gasteiger partial charge in [-0.1, -0.05) is 28.1 Å². The average molecular weight is 367 g/mol. The molecule has 0 unspecified atom stereocenters. The van der Waals surface area contributed by atoms with Gasteiger partial charge in [0.05, 0.1) is 0 Å². The number of halogens is 1. The van der Waals surface area contributed by atoms with E-state index >= 15 is 0 Å². The fourth-order valence-electron chi connectivity index (χ4n) is 2.01. The highest BCUT2D eigenvalue weighted by Gasteiger charge is 2.23. The molecule has 21 heavy (non-hydrogen) atoms. The molecule has 0 amide bonds. The number of benzene rings is 1. The number of nitrogens with one attached hydrogen (secondary N) is 1. The smallest absolute Gasteiger partial charge is 0.281 e. The Morgan fingerprint density at radius 2 is 2.00 bits per heavy atom. The summed E-state index contributed by atoms with van der Waals surface area (Å²) in [5, 5.41) is -0.0712. The molecule has 2 heterocycles. The molecule has 3 N–H and O–H groups in total. The van der Waals surface area contributed by atoms with Crippen molar-refractivity contribution in [2.75, 3.05) is 10.5 Å². The molecule has 0 spiro atoms. The second kappa shape index (κ2) is 5.05. The number of aromatic nitrogens is 2. The van der Waals surface area contributed by atoms with Gasteiger partial charge in [0.1, 0.15) is 5.65 Å². The molecule has 1 aromatic carbocycles. The molecule has 2 aromatic heterocycles. The molecule has 8 heteroatoms. The second-order valence-electron chi connectivity index (χ2n) is 4.35. The Balaban J connectivity index is 2.10. The summed E-state index contributed by atoms with van der Waals surface area (Å²) in [4.78, 5) is 4.05. The average Bonchev–Trinajstić information content (AvgIpc) is 2.74. The lowest BCUT2D eigenvalue weighted by atomic mass is 10.3. The van der Waals surface area contributed by atoms with Crippen LogP contribution in [0.15, 0.2) is 58.2 Å². The highest BCUT2D eigenvalue weighted by atomic mass is 79.9. The van der Waals surface area contributed by atoms with E-state index in [-0.39, 0.29) is 10.8 Å².